The third kappa shape index (κ3) is 14.2. The van der Waals surface area contributed by atoms with Gasteiger partial charge in [0.25, 0.3) is 16.8 Å². The lowest BCUT2D eigenvalue weighted by atomic mass is 9.89. The molecule has 0 fully saturated rings. The van der Waals surface area contributed by atoms with Crippen molar-refractivity contribution in [3.63, 3.8) is 0 Å². The maximum Gasteiger partial charge on any atom is 0.430 e. The summed E-state index contributed by atoms with van der Waals surface area (Å²) in [4.78, 5) is 0. The molecule has 4 unspecified atom stereocenters. The topological polar surface area (TPSA) is 46.2 Å². The van der Waals surface area contributed by atoms with Crippen LogP contribution in [0.5, 0.6) is 0 Å². The van der Waals surface area contributed by atoms with Crippen LogP contribution in [0.3, 0.4) is 0 Å². The van der Waals surface area contributed by atoms with Gasteiger partial charge in [0, 0.05) is 37.5 Å². The minimum absolute atomic E-state index is 0.0171. The van der Waals surface area contributed by atoms with E-state index in [0.29, 0.717) is 36.6 Å². The van der Waals surface area contributed by atoms with Gasteiger partial charge in [-0.15, -0.1) is 0 Å². The van der Waals surface area contributed by atoms with E-state index in [1.165, 1.54) is 43.3 Å². The Morgan fingerprint density at radius 1 is 0.391 bits per heavy atom. The predicted molar refractivity (Wildman–Crippen MR) is 219 cm³/mol. The number of benzene rings is 3. The molecule has 0 aliphatic rings. The van der Waals surface area contributed by atoms with Crippen molar-refractivity contribution in [2.24, 2.45) is 0 Å². The first-order valence-corrected chi connectivity index (χ1v) is 21.1. The molecule has 0 aliphatic carbocycles. The Morgan fingerprint density at radius 2 is 0.652 bits per heavy atom. The van der Waals surface area contributed by atoms with Gasteiger partial charge >= 0.3 is 37.1 Å². The Morgan fingerprint density at radius 3 is 0.870 bits per heavy atom. The molecule has 0 saturated heterocycles. The van der Waals surface area contributed by atoms with E-state index < -0.39 is 83.6 Å². The van der Waals surface area contributed by atoms with Gasteiger partial charge in [-0.1, -0.05) is 114 Å². The molecule has 0 radical (unpaired) electrons. The summed E-state index contributed by atoms with van der Waals surface area (Å²) in [5.41, 5.74) is -14.2. The van der Waals surface area contributed by atoms with Gasteiger partial charge in [-0.2, -0.15) is 79.0 Å². The van der Waals surface area contributed by atoms with Crippen LogP contribution in [0.15, 0.2) is 72.8 Å². The van der Waals surface area contributed by atoms with Gasteiger partial charge in [-0.3, -0.25) is 0 Å². The second-order valence-electron chi connectivity index (χ2n) is 15.7. The molecular weight excluding hydrogens is 974 g/mol. The van der Waals surface area contributed by atoms with Crippen molar-refractivity contribution < 1.29 is 103 Å². The molecular formula is C46H56F18O5. The minimum Gasteiger partial charge on any atom is -0.359 e. The van der Waals surface area contributed by atoms with Crippen molar-refractivity contribution in [1.82, 2.24) is 0 Å². The molecule has 0 bridgehead atoms. The van der Waals surface area contributed by atoms with Crippen LogP contribution in [0.2, 0.25) is 0 Å². The van der Waals surface area contributed by atoms with Crippen molar-refractivity contribution in [2.75, 3.05) is 27.6 Å². The van der Waals surface area contributed by atoms with Crippen molar-refractivity contribution in [3.05, 3.63) is 106 Å². The fourth-order valence-corrected chi connectivity index (χ4v) is 6.77. The predicted octanol–water partition coefficient (Wildman–Crippen LogP) is 16.2. The zero-order valence-corrected chi connectivity index (χ0v) is 39.1. The summed E-state index contributed by atoms with van der Waals surface area (Å²) < 4.78 is 261. The number of hydrogen-bond acceptors (Lipinski definition) is 5. The summed E-state index contributed by atoms with van der Waals surface area (Å²) in [6, 6.07) is 12.5. The number of alkyl halides is 18. The quantitative estimate of drug-likeness (QED) is 0.0996. The largest absolute Gasteiger partial charge is 0.430 e. The molecule has 0 spiro atoms. The monoisotopic (exact) mass is 1030 g/mol. The zero-order valence-electron chi connectivity index (χ0n) is 39.1. The highest BCUT2D eigenvalue weighted by Crippen LogP contribution is 2.56. The lowest BCUT2D eigenvalue weighted by Gasteiger charge is -2.39. The fraction of sp³-hybridized carbons (Fsp3) is 0.609. The third-order valence-corrected chi connectivity index (χ3v) is 11.3. The first-order valence-electron chi connectivity index (χ1n) is 21.1. The van der Waals surface area contributed by atoms with Crippen LogP contribution < -0.4 is 0 Å². The molecule has 396 valence electrons. The highest BCUT2D eigenvalue weighted by atomic mass is 19.4. The molecule has 0 aliphatic heterocycles. The third-order valence-electron chi connectivity index (χ3n) is 11.3. The number of hydrogen-bond donors (Lipinski definition) is 0. The summed E-state index contributed by atoms with van der Waals surface area (Å²) in [5, 5.41) is 0. The van der Waals surface area contributed by atoms with Crippen molar-refractivity contribution >= 4 is 0 Å². The van der Waals surface area contributed by atoms with Crippen LogP contribution in [0.4, 0.5) is 79.0 Å². The molecule has 0 N–H and O–H groups in total. The first-order chi connectivity index (χ1) is 31.4. The van der Waals surface area contributed by atoms with Crippen LogP contribution in [0.1, 0.15) is 126 Å². The fourth-order valence-electron chi connectivity index (χ4n) is 6.77. The van der Waals surface area contributed by atoms with E-state index in [0.717, 1.165) is 56.9 Å². The smallest absolute Gasteiger partial charge is 0.359 e. The average Bonchev–Trinajstić information content (AvgIpc) is 3.23. The molecule has 23 heteroatoms. The number of rotatable bonds is 17. The number of methoxy groups -OCH3 is 2. The van der Waals surface area contributed by atoms with E-state index in [1.54, 1.807) is 0 Å². The van der Waals surface area contributed by atoms with Crippen LogP contribution in [-0.2, 0) is 40.5 Å². The molecule has 3 aromatic carbocycles. The van der Waals surface area contributed by atoms with E-state index in [-0.39, 0.29) is 24.4 Å². The van der Waals surface area contributed by atoms with Crippen molar-refractivity contribution in [2.45, 2.75) is 153 Å². The maximum atomic E-state index is 13.6. The van der Waals surface area contributed by atoms with E-state index in [9.17, 15) is 79.0 Å². The summed E-state index contributed by atoms with van der Waals surface area (Å²) in [7, 11) is 1.35. The van der Waals surface area contributed by atoms with E-state index in [1.807, 2.05) is 41.5 Å². The SMILES string of the molecule is CCC(C)c1ccc(C(OC)(C(F)(F)F)C(F)(F)F)cc1.CCC(C)c1ccc(C(OCOC)(C(F)(F)F)C(F)(F)F)cc1.CCOC(C)OC(c1ccc(C(C)CC)cc1)(C(F)(F)F)C(F)(F)F. The maximum absolute atomic E-state index is 13.6. The molecule has 69 heavy (non-hydrogen) atoms. The standard InChI is InChI=1S/C17H22F6O2.C15H18F6O2.C14H16F6O/c1-5-11(3)13-7-9-14(10-8-13)15(16(18,19)20,17(21,22)23)25-12(4)24-6-2;1-4-10(2)11-5-7-12(8-6-11)13(14(16,17)18,15(19,20)21)23-9-22-3;1-4-9(2)10-5-7-11(8-6-10)12(21-3,13(15,16)17)14(18,19)20/h7-12H,5-6H2,1-4H3;5-8,10H,4,9H2,1-3H3;5-9H,4H2,1-3H3. The Hall–Kier alpha value is -3.80. The van der Waals surface area contributed by atoms with Crippen LogP contribution in [0, 0.1) is 0 Å². The minimum atomic E-state index is -5.71. The molecule has 4 atom stereocenters. The second kappa shape index (κ2) is 24.6. The average molecular weight is 1030 g/mol. The summed E-state index contributed by atoms with van der Waals surface area (Å²) in [6.07, 6.45) is -33.6. The van der Waals surface area contributed by atoms with Gasteiger partial charge in [0.2, 0.25) is 0 Å². The molecule has 5 nitrogen and oxygen atoms in total. The van der Waals surface area contributed by atoms with Gasteiger partial charge < -0.3 is 23.7 Å². The normalized spacial score (nSPS) is 15.3. The molecule has 0 saturated carbocycles. The molecule has 0 heterocycles. The van der Waals surface area contributed by atoms with Gasteiger partial charge in [0.05, 0.1) is 0 Å². The van der Waals surface area contributed by atoms with Gasteiger partial charge in [0.1, 0.15) is 6.79 Å². The summed E-state index contributed by atoms with van der Waals surface area (Å²) >= 11 is 0. The second-order valence-corrected chi connectivity index (χ2v) is 15.7. The molecule has 3 aromatic rings. The highest BCUT2D eigenvalue weighted by molar-refractivity contribution is 5.34. The van der Waals surface area contributed by atoms with Crippen molar-refractivity contribution in [3.8, 4) is 0 Å². The summed E-state index contributed by atoms with van der Waals surface area (Å²) in [5.74, 6) is 0.0892. The van der Waals surface area contributed by atoms with E-state index >= 15 is 0 Å². The van der Waals surface area contributed by atoms with Gasteiger partial charge in [-0.25, -0.2) is 0 Å². The number of ether oxygens (including phenoxy) is 5. The Kier molecular flexibility index (Phi) is 22.5. The van der Waals surface area contributed by atoms with Gasteiger partial charge in [-0.05, 0) is 67.6 Å². The van der Waals surface area contributed by atoms with Crippen LogP contribution >= 0.6 is 0 Å². The Labute approximate surface area is 388 Å². The molecule has 0 amide bonds. The van der Waals surface area contributed by atoms with Crippen LogP contribution in [-0.4, -0.2) is 71.0 Å². The zero-order chi connectivity index (χ0) is 53.8. The number of halogens is 18. The lowest BCUT2D eigenvalue weighted by Crippen LogP contribution is -2.57. The molecule has 0 aromatic heterocycles. The first kappa shape index (κ1) is 63.2. The van der Waals surface area contributed by atoms with Crippen molar-refractivity contribution in [1.29, 1.82) is 0 Å². The molecule has 3 rings (SSSR count). The summed E-state index contributed by atoms with van der Waals surface area (Å²) in [6.45, 7) is 12.4. The van der Waals surface area contributed by atoms with E-state index in [2.05, 4.69) is 18.9 Å². The van der Waals surface area contributed by atoms with Crippen LogP contribution in [0.25, 0.3) is 0 Å². The Balaban J connectivity index is 0.000000519. The Bertz CT molecular complexity index is 1890. The highest BCUT2D eigenvalue weighted by Gasteiger charge is 2.75. The van der Waals surface area contributed by atoms with E-state index in [4.69, 9.17) is 4.74 Å². The van der Waals surface area contributed by atoms with Gasteiger partial charge in [0.15, 0.2) is 6.29 Å². The lowest BCUT2D eigenvalue weighted by molar-refractivity contribution is -0.415.